The first-order valence-electron chi connectivity index (χ1n) is 3.98. The molecule has 2 atom stereocenters. The average Bonchev–Trinajstić information content (AvgIpc) is 2.17. The number of phenols is 1. The number of hydrogen-bond donors (Lipinski definition) is 3. The first-order valence-corrected chi connectivity index (χ1v) is 4.36. The molecular formula is C9H12ClNO2. The number of aliphatic hydroxyl groups excluding tert-OH is 1. The summed E-state index contributed by atoms with van der Waals surface area (Å²) in [6, 6.07) is 6.14. The molecule has 3 nitrogen and oxygen atoms in total. The van der Waals surface area contributed by atoms with Crippen molar-refractivity contribution in [2.75, 3.05) is 0 Å². The molecule has 0 aliphatic carbocycles. The van der Waals surface area contributed by atoms with E-state index in [0.717, 1.165) is 5.56 Å². The largest absolute Gasteiger partial charge is 0.508 e. The first kappa shape index (κ1) is 10.3. The number of rotatable bonds is 3. The highest BCUT2D eigenvalue weighted by molar-refractivity contribution is 6.13. The van der Waals surface area contributed by atoms with E-state index >= 15 is 0 Å². The monoisotopic (exact) mass is 201 g/mol. The van der Waals surface area contributed by atoms with Crippen LogP contribution in [0.4, 0.5) is 0 Å². The molecule has 0 fully saturated rings. The molecule has 3 N–H and O–H groups in total. The fourth-order valence-corrected chi connectivity index (χ4v) is 1.14. The third kappa shape index (κ3) is 2.59. The van der Waals surface area contributed by atoms with Crippen LogP contribution in [0.2, 0.25) is 0 Å². The lowest BCUT2D eigenvalue weighted by atomic mass is 10.0. The molecule has 72 valence electrons. The summed E-state index contributed by atoms with van der Waals surface area (Å²) in [5, 5.41) is 18.7. The Balaban J connectivity index is 2.77. The molecule has 4 heteroatoms. The van der Waals surface area contributed by atoms with Gasteiger partial charge in [0, 0.05) is 6.04 Å². The highest BCUT2D eigenvalue weighted by atomic mass is 35.5. The Morgan fingerprint density at radius 3 is 2.31 bits per heavy atom. The van der Waals surface area contributed by atoms with E-state index in [2.05, 4.69) is 4.84 Å². The molecule has 0 aromatic heterocycles. The molecule has 1 aromatic rings. The molecule has 0 saturated carbocycles. The van der Waals surface area contributed by atoms with Crippen LogP contribution in [0.15, 0.2) is 24.3 Å². The third-order valence-electron chi connectivity index (χ3n) is 1.88. The lowest BCUT2D eigenvalue weighted by Gasteiger charge is -2.16. The van der Waals surface area contributed by atoms with Crippen LogP contribution in [0.3, 0.4) is 0 Å². The van der Waals surface area contributed by atoms with Gasteiger partial charge >= 0.3 is 0 Å². The van der Waals surface area contributed by atoms with Gasteiger partial charge in [-0.3, -0.25) is 0 Å². The maximum atomic E-state index is 9.65. The van der Waals surface area contributed by atoms with E-state index in [1.807, 2.05) is 0 Å². The van der Waals surface area contributed by atoms with Gasteiger partial charge in [-0.25, -0.2) is 4.84 Å². The summed E-state index contributed by atoms with van der Waals surface area (Å²) in [5.41, 5.74) is 0.721. The first-order chi connectivity index (χ1) is 6.15. The normalized spacial score (nSPS) is 15.3. The number of nitrogens with one attached hydrogen (secondary N) is 1. The molecule has 0 spiro atoms. The quantitative estimate of drug-likeness (QED) is 0.651. The fourth-order valence-electron chi connectivity index (χ4n) is 1.02. The Bertz CT molecular complexity index is 263. The van der Waals surface area contributed by atoms with Gasteiger partial charge in [-0.1, -0.05) is 12.1 Å². The van der Waals surface area contributed by atoms with Crippen molar-refractivity contribution < 1.29 is 10.2 Å². The average molecular weight is 202 g/mol. The highest BCUT2D eigenvalue weighted by Gasteiger charge is 2.14. The summed E-state index contributed by atoms with van der Waals surface area (Å²) in [7, 11) is 0. The Morgan fingerprint density at radius 2 is 1.85 bits per heavy atom. The maximum Gasteiger partial charge on any atom is 0.115 e. The summed E-state index contributed by atoms with van der Waals surface area (Å²) >= 11 is 5.37. The van der Waals surface area contributed by atoms with Gasteiger partial charge in [-0.15, -0.1) is 0 Å². The van der Waals surface area contributed by atoms with Crippen molar-refractivity contribution in [3.05, 3.63) is 29.8 Å². The summed E-state index contributed by atoms with van der Waals surface area (Å²) < 4.78 is 0. The summed E-state index contributed by atoms with van der Waals surface area (Å²) in [4.78, 5) is 2.44. The SMILES string of the molecule is C[C@H](NCl)[C@H](O)c1ccc(O)cc1. The topological polar surface area (TPSA) is 52.5 Å². The van der Waals surface area contributed by atoms with Crippen LogP contribution in [0.25, 0.3) is 0 Å². The lowest BCUT2D eigenvalue weighted by molar-refractivity contribution is 0.147. The number of phenolic OH excluding ortho intramolecular Hbond substituents is 1. The standard InChI is InChI=1S/C9H12ClNO2/c1-6(11-10)9(13)7-2-4-8(12)5-3-7/h2-6,9,11-13H,1H3/t6-,9-/m0/s1. The van der Waals surface area contributed by atoms with Gasteiger partial charge in [0.25, 0.3) is 0 Å². The lowest BCUT2D eigenvalue weighted by Crippen LogP contribution is -2.24. The van der Waals surface area contributed by atoms with Gasteiger partial charge < -0.3 is 10.2 Å². The van der Waals surface area contributed by atoms with E-state index in [9.17, 15) is 5.11 Å². The molecule has 1 rings (SSSR count). The zero-order valence-electron chi connectivity index (χ0n) is 7.24. The van der Waals surface area contributed by atoms with Gasteiger partial charge in [-0.2, -0.15) is 0 Å². The van der Waals surface area contributed by atoms with E-state index in [-0.39, 0.29) is 11.8 Å². The van der Waals surface area contributed by atoms with Crippen molar-refractivity contribution >= 4 is 11.8 Å². The predicted molar refractivity (Wildman–Crippen MR) is 51.5 cm³/mol. The fraction of sp³-hybridized carbons (Fsp3) is 0.333. The van der Waals surface area contributed by atoms with Gasteiger partial charge in [0.2, 0.25) is 0 Å². The molecule has 0 saturated heterocycles. The van der Waals surface area contributed by atoms with Crippen molar-refractivity contribution in [1.82, 2.24) is 4.84 Å². The minimum atomic E-state index is -0.668. The van der Waals surface area contributed by atoms with E-state index in [1.165, 1.54) is 12.1 Å². The maximum absolute atomic E-state index is 9.65. The number of aliphatic hydroxyl groups is 1. The second-order valence-corrected chi connectivity index (χ2v) is 3.15. The smallest absolute Gasteiger partial charge is 0.115 e. The van der Waals surface area contributed by atoms with Crippen molar-refractivity contribution in [3.8, 4) is 5.75 Å². The van der Waals surface area contributed by atoms with E-state index in [4.69, 9.17) is 16.9 Å². The Kier molecular flexibility index (Phi) is 3.54. The summed E-state index contributed by atoms with van der Waals surface area (Å²) in [6.07, 6.45) is -0.668. The van der Waals surface area contributed by atoms with Crippen LogP contribution in [0, 0.1) is 0 Å². The molecule has 1 aromatic carbocycles. The molecule has 0 radical (unpaired) electrons. The minimum absolute atomic E-state index is 0.183. The van der Waals surface area contributed by atoms with Gasteiger partial charge in [0.05, 0.1) is 6.10 Å². The number of hydrogen-bond acceptors (Lipinski definition) is 3. The second-order valence-electron chi connectivity index (χ2n) is 2.93. The molecule has 13 heavy (non-hydrogen) atoms. The van der Waals surface area contributed by atoms with Crippen LogP contribution in [0.5, 0.6) is 5.75 Å². The zero-order valence-corrected chi connectivity index (χ0v) is 7.99. The second kappa shape index (κ2) is 4.46. The number of benzene rings is 1. The molecule has 0 aliphatic rings. The molecule has 0 amide bonds. The predicted octanol–water partition coefficient (Wildman–Crippen LogP) is 1.56. The van der Waals surface area contributed by atoms with Gasteiger partial charge in [0.15, 0.2) is 0 Å². The van der Waals surface area contributed by atoms with Crippen molar-refractivity contribution in [2.24, 2.45) is 0 Å². The van der Waals surface area contributed by atoms with E-state index in [1.54, 1.807) is 19.1 Å². The van der Waals surface area contributed by atoms with Crippen molar-refractivity contribution in [1.29, 1.82) is 0 Å². The van der Waals surface area contributed by atoms with Crippen molar-refractivity contribution in [3.63, 3.8) is 0 Å². The summed E-state index contributed by atoms with van der Waals surface area (Å²) in [6.45, 7) is 1.77. The van der Waals surface area contributed by atoms with Gasteiger partial charge in [-0.05, 0) is 36.4 Å². The van der Waals surface area contributed by atoms with Crippen LogP contribution >= 0.6 is 11.8 Å². The molecule has 0 heterocycles. The molecule has 0 unspecified atom stereocenters. The van der Waals surface area contributed by atoms with Crippen LogP contribution in [0.1, 0.15) is 18.6 Å². The van der Waals surface area contributed by atoms with Gasteiger partial charge in [0.1, 0.15) is 5.75 Å². The van der Waals surface area contributed by atoms with E-state index in [0.29, 0.717) is 0 Å². The van der Waals surface area contributed by atoms with Crippen LogP contribution < -0.4 is 4.84 Å². The highest BCUT2D eigenvalue weighted by Crippen LogP contribution is 2.19. The number of aromatic hydroxyl groups is 1. The zero-order chi connectivity index (χ0) is 9.84. The third-order valence-corrected chi connectivity index (χ3v) is 2.22. The molecular weight excluding hydrogens is 190 g/mol. The Morgan fingerprint density at radius 1 is 1.31 bits per heavy atom. The van der Waals surface area contributed by atoms with Crippen LogP contribution in [-0.2, 0) is 0 Å². The van der Waals surface area contributed by atoms with Crippen LogP contribution in [-0.4, -0.2) is 16.3 Å². The summed E-state index contributed by atoms with van der Waals surface area (Å²) in [5.74, 6) is 0.183. The number of halogens is 1. The Hall–Kier alpha value is -0.770. The molecule has 0 aliphatic heterocycles. The van der Waals surface area contributed by atoms with Crippen molar-refractivity contribution in [2.45, 2.75) is 19.1 Å². The minimum Gasteiger partial charge on any atom is -0.508 e. The van der Waals surface area contributed by atoms with E-state index < -0.39 is 6.10 Å². The molecule has 0 bridgehead atoms. The Labute approximate surface area is 82.1 Å².